The van der Waals surface area contributed by atoms with Crippen LogP contribution in [-0.2, 0) is 16.1 Å². The van der Waals surface area contributed by atoms with E-state index in [0.29, 0.717) is 23.6 Å². The van der Waals surface area contributed by atoms with Gasteiger partial charge >= 0.3 is 0 Å². The molecule has 0 saturated heterocycles. The summed E-state index contributed by atoms with van der Waals surface area (Å²) in [5.74, 6) is -0.0685. The molecular weight excluding hydrogens is 496 g/mol. The number of methoxy groups -OCH3 is 1. The van der Waals surface area contributed by atoms with Gasteiger partial charge in [0.15, 0.2) is 0 Å². The summed E-state index contributed by atoms with van der Waals surface area (Å²) < 4.78 is 3.86. The second-order valence-electron chi connectivity index (χ2n) is 8.32. The predicted molar refractivity (Wildman–Crippen MR) is 158 cm³/mol. The van der Waals surface area contributed by atoms with Gasteiger partial charge in [0.1, 0.15) is 0 Å². The van der Waals surface area contributed by atoms with E-state index >= 15 is 0 Å². The molecule has 1 amide bonds. The summed E-state index contributed by atoms with van der Waals surface area (Å²) in [6.07, 6.45) is 4.01. The lowest BCUT2D eigenvalue weighted by molar-refractivity contribution is -0.126. The van der Waals surface area contributed by atoms with E-state index in [-0.39, 0.29) is 5.91 Å². The van der Waals surface area contributed by atoms with Crippen molar-refractivity contribution in [1.29, 1.82) is 0 Å². The van der Waals surface area contributed by atoms with Crippen LogP contribution in [0.15, 0.2) is 103 Å². The van der Waals surface area contributed by atoms with Crippen molar-refractivity contribution in [2.45, 2.75) is 13.5 Å². The maximum absolute atomic E-state index is 13.5. The van der Waals surface area contributed by atoms with Gasteiger partial charge in [-0.2, -0.15) is 0 Å². The third-order valence-corrected chi connectivity index (χ3v) is 6.14. The average molecular weight is 527 g/mol. The average Bonchev–Trinajstić information content (AvgIpc) is 2.97. The summed E-state index contributed by atoms with van der Waals surface area (Å²) in [7, 11) is 3.21. The fourth-order valence-electron chi connectivity index (χ4n) is 3.86. The van der Waals surface area contributed by atoms with Crippen molar-refractivity contribution in [3.63, 3.8) is 0 Å². The zero-order valence-electron chi connectivity index (χ0n) is 21.7. The Morgan fingerprint density at radius 1 is 0.921 bits per heavy atom. The van der Waals surface area contributed by atoms with Crippen molar-refractivity contribution in [3.05, 3.63) is 125 Å². The van der Waals surface area contributed by atoms with Crippen molar-refractivity contribution in [3.8, 4) is 11.1 Å². The number of amides is 1. The smallest absolute Gasteiger partial charge is 0.292 e. The molecule has 4 aromatic carbocycles. The number of ether oxygens (including phenoxy) is 1. The molecule has 0 radical (unpaired) electrons. The summed E-state index contributed by atoms with van der Waals surface area (Å²) in [5, 5.41) is 3.76. The van der Waals surface area contributed by atoms with Crippen LogP contribution in [-0.4, -0.2) is 26.5 Å². The van der Waals surface area contributed by atoms with Gasteiger partial charge in [0.2, 0.25) is 0 Å². The Labute approximate surface area is 229 Å². The number of nitrogens with one attached hydrogen (secondary N) is 1. The third kappa shape index (κ3) is 7.58. The number of anilines is 2. The van der Waals surface area contributed by atoms with Crippen LogP contribution in [0.4, 0.5) is 11.4 Å². The summed E-state index contributed by atoms with van der Waals surface area (Å²) >= 11 is 6.74. The first-order valence-corrected chi connectivity index (χ1v) is 12.5. The Hall–Kier alpha value is -4.35. The number of rotatable bonds is 8. The molecule has 0 saturated carbocycles. The van der Waals surface area contributed by atoms with E-state index in [9.17, 15) is 4.79 Å². The van der Waals surface area contributed by atoms with Gasteiger partial charge in [-0.1, -0.05) is 78.4 Å². The number of hydrogen-bond donors (Lipinski definition) is 1. The molecule has 0 atom stereocenters. The molecule has 4 aromatic rings. The minimum absolute atomic E-state index is 0.0685. The first-order chi connectivity index (χ1) is 18.5. The summed E-state index contributed by atoms with van der Waals surface area (Å²) in [6, 6.07) is 31.5. The van der Waals surface area contributed by atoms with Gasteiger partial charge < -0.3 is 15.0 Å². The van der Waals surface area contributed by atoms with Crippen molar-refractivity contribution in [2.24, 2.45) is 0 Å². The van der Waals surface area contributed by atoms with Gasteiger partial charge in [-0.3, -0.25) is 9.59 Å². The van der Waals surface area contributed by atoms with E-state index in [0.717, 1.165) is 33.6 Å². The van der Waals surface area contributed by atoms with Crippen molar-refractivity contribution in [1.82, 2.24) is 0 Å². The van der Waals surface area contributed by atoms with Crippen LogP contribution in [0.25, 0.3) is 17.2 Å². The quantitative estimate of drug-likeness (QED) is 0.239. The number of carbonyl (C=O) groups is 2. The van der Waals surface area contributed by atoms with E-state index < -0.39 is 0 Å². The van der Waals surface area contributed by atoms with Gasteiger partial charge in [0.05, 0.1) is 13.7 Å². The van der Waals surface area contributed by atoms with Crippen molar-refractivity contribution in [2.75, 3.05) is 24.4 Å². The highest BCUT2D eigenvalue weighted by Gasteiger charge is 2.20. The lowest BCUT2D eigenvalue weighted by Gasteiger charge is -2.24. The van der Waals surface area contributed by atoms with Crippen molar-refractivity contribution >= 4 is 41.4 Å². The highest BCUT2D eigenvalue weighted by atomic mass is 35.5. The highest BCUT2D eigenvalue weighted by molar-refractivity contribution is 6.31. The fourth-order valence-corrected chi connectivity index (χ4v) is 4.10. The number of carbonyl (C=O) groups excluding carboxylic acids is 2. The molecule has 1 N–H and O–H groups in total. The fraction of sp³-hybridized carbons (Fsp3) is 0.125. The Kier molecular flexibility index (Phi) is 10.7. The van der Waals surface area contributed by atoms with Gasteiger partial charge in [0.25, 0.3) is 12.4 Å². The van der Waals surface area contributed by atoms with E-state index in [1.807, 2.05) is 105 Å². The Balaban J connectivity index is 0.000000934. The van der Waals surface area contributed by atoms with Crippen molar-refractivity contribution < 1.29 is 14.3 Å². The number of hydrogen-bond acceptors (Lipinski definition) is 4. The highest BCUT2D eigenvalue weighted by Crippen LogP contribution is 2.29. The van der Waals surface area contributed by atoms with E-state index in [1.54, 1.807) is 4.90 Å². The van der Waals surface area contributed by atoms with E-state index in [4.69, 9.17) is 16.4 Å². The summed E-state index contributed by atoms with van der Waals surface area (Å²) in [5.41, 5.74) is 6.57. The minimum Gasteiger partial charge on any atom is -0.471 e. The van der Waals surface area contributed by atoms with Gasteiger partial charge in [-0.25, -0.2) is 0 Å². The van der Waals surface area contributed by atoms with Crippen LogP contribution in [0, 0.1) is 0 Å². The zero-order chi connectivity index (χ0) is 27.3. The van der Waals surface area contributed by atoms with Crippen LogP contribution in [0.1, 0.15) is 28.4 Å². The third-order valence-electron chi connectivity index (χ3n) is 5.79. The van der Waals surface area contributed by atoms with E-state index in [1.165, 1.54) is 7.11 Å². The molecule has 0 bridgehead atoms. The van der Waals surface area contributed by atoms with Crippen LogP contribution in [0.5, 0.6) is 0 Å². The van der Waals surface area contributed by atoms with Crippen LogP contribution >= 0.6 is 11.6 Å². The topological polar surface area (TPSA) is 58.6 Å². The molecule has 0 heterocycles. The summed E-state index contributed by atoms with van der Waals surface area (Å²) in [6.45, 7) is 2.72. The molecular formula is C32H31ClN2O3. The van der Waals surface area contributed by atoms with Crippen LogP contribution in [0.2, 0.25) is 5.02 Å². The lowest BCUT2D eigenvalue weighted by atomic mass is 10.0. The molecule has 0 aliphatic rings. The maximum atomic E-state index is 13.5. The number of halogens is 1. The Morgan fingerprint density at radius 3 is 2.21 bits per heavy atom. The lowest BCUT2D eigenvalue weighted by Crippen LogP contribution is -2.30. The minimum atomic E-state index is -0.0685. The van der Waals surface area contributed by atoms with Gasteiger partial charge in [0, 0.05) is 29.0 Å². The molecule has 0 fully saturated rings. The van der Waals surface area contributed by atoms with Crippen LogP contribution < -0.4 is 10.2 Å². The molecule has 194 valence electrons. The van der Waals surface area contributed by atoms with Gasteiger partial charge in [-0.05, 0) is 71.6 Å². The second-order valence-corrected chi connectivity index (χ2v) is 8.72. The largest absolute Gasteiger partial charge is 0.471 e. The van der Waals surface area contributed by atoms with Crippen LogP contribution in [0.3, 0.4) is 0 Å². The molecule has 5 nitrogen and oxygen atoms in total. The number of allylic oxidation sites excluding steroid dienone is 1. The standard InChI is InChI=1S/C30H27ClN2O.C2H4O2/c1-3-8-22-9-7-12-28(19-22)33(30(34)24-10-5-4-6-11-24)21-26-14-13-25(20-29(26)31)23-15-17-27(32-2)18-16-23;1-4-2-3/h3-20,32H,21H2,1-2H3;2H,1H3/b8-3+;. The molecule has 6 heteroatoms. The molecule has 38 heavy (non-hydrogen) atoms. The SMILES string of the molecule is C/C=C/c1cccc(N(Cc2ccc(-c3ccc(NC)cc3)cc2Cl)C(=O)c2ccccc2)c1.COC=O. The molecule has 0 unspecified atom stereocenters. The monoisotopic (exact) mass is 526 g/mol. The van der Waals surface area contributed by atoms with E-state index in [2.05, 4.69) is 28.3 Å². The number of nitrogens with zero attached hydrogens (tertiary/aromatic N) is 1. The first-order valence-electron chi connectivity index (χ1n) is 12.1. The van der Waals surface area contributed by atoms with Gasteiger partial charge in [-0.15, -0.1) is 0 Å². The first kappa shape index (κ1) is 28.2. The Bertz CT molecular complexity index is 1370. The molecule has 0 aliphatic heterocycles. The molecule has 0 aromatic heterocycles. The zero-order valence-corrected chi connectivity index (χ0v) is 22.5. The number of benzene rings is 4. The normalized spacial score (nSPS) is 10.3. The Morgan fingerprint density at radius 2 is 1.61 bits per heavy atom. The molecule has 4 rings (SSSR count). The molecule has 0 aliphatic carbocycles. The predicted octanol–water partition coefficient (Wildman–Crippen LogP) is 7.72. The summed E-state index contributed by atoms with van der Waals surface area (Å²) in [4.78, 5) is 24.3. The maximum Gasteiger partial charge on any atom is 0.292 e. The second kappa shape index (κ2) is 14.4. The molecule has 0 spiro atoms.